The summed E-state index contributed by atoms with van der Waals surface area (Å²) < 4.78 is 0. The molecular formula is C15H10ClN3O. The molecule has 0 aliphatic rings. The highest BCUT2D eigenvalue weighted by atomic mass is 35.5. The molecule has 0 fully saturated rings. The van der Waals surface area contributed by atoms with Gasteiger partial charge in [0.1, 0.15) is 6.07 Å². The first-order chi connectivity index (χ1) is 9.72. The highest BCUT2D eigenvalue weighted by molar-refractivity contribution is 6.53. The van der Waals surface area contributed by atoms with Crippen molar-refractivity contribution in [3.63, 3.8) is 0 Å². The highest BCUT2D eigenvalue weighted by Crippen LogP contribution is 2.16. The van der Waals surface area contributed by atoms with E-state index in [2.05, 4.69) is 10.5 Å². The van der Waals surface area contributed by atoms with Crippen molar-refractivity contribution in [3.05, 3.63) is 65.2 Å². The molecule has 0 saturated carbocycles. The first kappa shape index (κ1) is 13.8. The van der Waals surface area contributed by atoms with E-state index in [4.69, 9.17) is 16.9 Å². The van der Waals surface area contributed by atoms with Crippen LogP contribution >= 0.6 is 11.6 Å². The topological polar surface area (TPSA) is 65.2 Å². The number of ketones is 1. The molecule has 0 atom stereocenters. The molecular weight excluding hydrogens is 274 g/mol. The van der Waals surface area contributed by atoms with Gasteiger partial charge in [-0.25, -0.2) is 0 Å². The molecule has 0 aliphatic heterocycles. The average molecular weight is 284 g/mol. The van der Waals surface area contributed by atoms with Crippen LogP contribution in [-0.4, -0.2) is 11.5 Å². The zero-order valence-electron chi connectivity index (χ0n) is 10.4. The largest absolute Gasteiger partial charge is 0.286 e. The molecule has 5 heteroatoms. The Bertz CT molecular complexity index is 690. The molecule has 2 aromatic carbocycles. The molecule has 0 bridgehead atoms. The van der Waals surface area contributed by atoms with Gasteiger partial charge < -0.3 is 0 Å². The van der Waals surface area contributed by atoms with Gasteiger partial charge in [0.25, 0.3) is 0 Å². The third-order valence-electron chi connectivity index (χ3n) is 2.51. The molecule has 20 heavy (non-hydrogen) atoms. The number of hydrazone groups is 1. The number of carbonyl (C=O) groups excluding carboxylic acids is 1. The number of benzene rings is 2. The molecule has 0 aromatic heterocycles. The number of nitrogens with zero attached hydrogens (tertiary/aromatic N) is 2. The fourth-order valence-electron chi connectivity index (χ4n) is 1.53. The van der Waals surface area contributed by atoms with Gasteiger partial charge in [-0.3, -0.25) is 10.2 Å². The zero-order valence-corrected chi connectivity index (χ0v) is 11.1. The fourth-order valence-corrected chi connectivity index (χ4v) is 1.75. The van der Waals surface area contributed by atoms with Crippen LogP contribution in [0.4, 0.5) is 5.69 Å². The van der Waals surface area contributed by atoms with Crippen LogP contribution in [0.2, 0.25) is 5.02 Å². The van der Waals surface area contributed by atoms with E-state index in [1.807, 2.05) is 18.2 Å². The molecule has 0 spiro atoms. The maximum atomic E-state index is 12.1. The van der Waals surface area contributed by atoms with Gasteiger partial charge in [-0.1, -0.05) is 41.9 Å². The highest BCUT2D eigenvalue weighted by Gasteiger charge is 2.16. The standard InChI is InChI=1S/C15H10ClN3O/c16-13-9-5-4-8-12(13)15(20)14(10-17)19-18-11-6-2-1-3-7-11/h1-9,18H/b19-14+. The van der Waals surface area contributed by atoms with Crippen molar-refractivity contribution in [3.8, 4) is 6.07 Å². The summed E-state index contributed by atoms with van der Waals surface area (Å²) >= 11 is 5.93. The monoisotopic (exact) mass is 283 g/mol. The lowest BCUT2D eigenvalue weighted by Crippen LogP contribution is -2.14. The van der Waals surface area contributed by atoms with Crippen LogP contribution in [0.3, 0.4) is 0 Å². The van der Waals surface area contributed by atoms with Crippen LogP contribution in [0.1, 0.15) is 10.4 Å². The molecule has 0 radical (unpaired) electrons. The summed E-state index contributed by atoms with van der Waals surface area (Å²) in [7, 11) is 0. The van der Waals surface area contributed by atoms with Crippen LogP contribution < -0.4 is 5.43 Å². The van der Waals surface area contributed by atoms with Crippen LogP contribution in [0.5, 0.6) is 0 Å². The van der Waals surface area contributed by atoms with E-state index < -0.39 is 5.78 Å². The first-order valence-electron chi connectivity index (χ1n) is 5.80. The van der Waals surface area contributed by atoms with Crippen LogP contribution in [0.15, 0.2) is 59.7 Å². The van der Waals surface area contributed by atoms with Gasteiger partial charge in [-0.05, 0) is 24.3 Å². The Balaban J connectivity index is 2.23. The minimum absolute atomic E-state index is 0.248. The van der Waals surface area contributed by atoms with Gasteiger partial charge in [0.05, 0.1) is 10.7 Å². The molecule has 1 N–H and O–H groups in total. The minimum Gasteiger partial charge on any atom is -0.286 e. The van der Waals surface area contributed by atoms with Crippen LogP contribution in [0.25, 0.3) is 0 Å². The Morgan fingerprint density at radius 2 is 1.75 bits per heavy atom. The minimum atomic E-state index is -0.512. The van der Waals surface area contributed by atoms with Crippen molar-refractivity contribution in [1.82, 2.24) is 0 Å². The number of rotatable bonds is 4. The smallest absolute Gasteiger partial charge is 0.225 e. The number of carbonyl (C=O) groups is 1. The van der Waals surface area contributed by atoms with E-state index in [0.717, 1.165) is 0 Å². The molecule has 0 heterocycles. The normalized spacial score (nSPS) is 10.7. The Hall–Kier alpha value is -2.64. The van der Waals surface area contributed by atoms with E-state index in [0.29, 0.717) is 10.7 Å². The number of nitriles is 1. The van der Waals surface area contributed by atoms with Crippen molar-refractivity contribution in [2.24, 2.45) is 5.10 Å². The third kappa shape index (κ3) is 3.22. The van der Waals surface area contributed by atoms with Crippen LogP contribution in [-0.2, 0) is 0 Å². The van der Waals surface area contributed by atoms with Crippen molar-refractivity contribution >= 4 is 28.8 Å². The molecule has 2 aromatic rings. The average Bonchev–Trinajstić information content (AvgIpc) is 2.49. The molecule has 98 valence electrons. The van der Waals surface area contributed by atoms with Gasteiger partial charge in [-0.15, -0.1) is 0 Å². The molecule has 4 nitrogen and oxygen atoms in total. The van der Waals surface area contributed by atoms with Gasteiger partial charge in [0, 0.05) is 5.56 Å². The molecule has 0 unspecified atom stereocenters. The summed E-state index contributed by atoms with van der Waals surface area (Å²) in [6.07, 6.45) is 0. The zero-order chi connectivity index (χ0) is 14.4. The maximum Gasteiger partial charge on any atom is 0.225 e. The van der Waals surface area contributed by atoms with Gasteiger partial charge in [0.15, 0.2) is 0 Å². The van der Waals surface area contributed by atoms with Gasteiger partial charge >= 0.3 is 0 Å². The summed E-state index contributed by atoms with van der Waals surface area (Å²) in [6.45, 7) is 0. The number of nitrogens with one attached hydrogen (secondary N) is 1. The maximum absolute atomic E-state index is 12.1. The number of Topliss-reactive ketones (excluding diaryl/α,β-unsaturated/α-hetero) is 1. The number of anilines is 1. The molecule has 0 saturated heterocycles. The van der Waals surface area contributed by atoms with Crippen molar-refractivity contribution < 1.29 is 4.79 Å². The lowest BCUT2D eigenvalue weighted by atomic mass is 10.1. The molecule has 0 amide bonds. The van der Waals surface area contributed by atoms with E-state index in [-0.39, 0.29) is 11.3 Å². The van der Waals surface area contributed by atoms with E-state index in [1.54, 1.807) is 42.5 Å². The summed E-state index contributed by atoms with van der Waals surface area (Å²) in [4.78, 5) is 12.1. The summed E-state index contributed by atoms with van der Waals surface area (Å²) in [6, 6.07) is 17.4. The van der Waals surface area contributed by atoms with E-state index in [9.17, 15) is 4.79 Å². The Morgan fingerprint density at radius 3 is 2.40 bits per heavy atom. The van der Waals surface area contributed by atoms with Gasteiger partial charge in [-0.2, -0.15) is 10.4 Å². The number of hydrogen-bond donors (Lipinski definition) is 1. The van der Waals surface area contributed by atoms with E-state index in [1.165, 1.54) is 0 Å². The Kier molecular flexibility index (Phi) is 4.48. The second kappa shape index (κ2) is 6.50. The quantitative estimate of drug-likeness (QED) is 0.530. The van der Waals surface area contributed by atoms with Gasteiger partial charge in [0.2, 0.25) is 11.5 Å². The Labute approximate surface area is 121 Å². The SMILES string of the molecule is N#C/C(=N\Nc1ccccc1)C(=O)c1ccccc1Cl. The number of hydrogen-bond acceptors (Lipinski definition) is 4. The fraction of sp³-hybridized carbons (Fsp3) is 0. The van der Waals surface area contributed by atoms with Crippen molar-refractivity contribution in [2.75, 3.05) is 5.43 Å². The number of halogens is 1. The lowest BCUT2D eigenvalue weighted by Gasteiger charge is -2.02. The van der Waals surface area contributed by atoms with Crippen molar-refractivity contribution in [1.29, 1.82) is 5.26 Å². The van der Waals surface area contributed by atoms with E-state index >= 15 is 0 Å². The predicted molar refractivity (Wildman–Crippen MR) is 78.9 cm³/mol. The Morgan fingerprint density at radius 1 is 1.10 bits per heavy atom. The number of para-hydroxylation sites is 1. The van der Waals surface area contributed by atoms with Crippen LogP contribution in [0, 0.1) is 11.3 Å². The first-order valence-corrected chi connectivity index (χ1v) is 6.18. The molecule has 2 rings (SSSR count). The summed E-state index contributed by atoms with van der Waals surface area (Å²) in [5.41, 5.74) is 3.36. The van der Waals surface area contributed by atoms with Crippen molar-refractivity contribution in [2.45, 2.75) is 0 Å². The summed E-state index contributed by atoms with van der Waals surface area (Å²) in [5, 5.41) is 13.2. The lowest BCUT2D eigenvalue weighted by molar-refractivity contribution is 0.106. The third-order valence-corrected chi connectivity index (χ3v) is 2.84. The predicted octanol–water partition coefficient (Wildman–Crippen LogP) is 3.51. The second-order valence-corrected chi connectivity index (χ2v) is 4.27. The summed E-state index contributed by atoms with van der Waals surface area (Å²) in [5.74, 6) is -0.512. The molecule has 0 aliphatic carbocycles. The second-order valence-electron chi connectivity index (χ2n) is 3.86.